The Morgan fingerprint density at radius 1 is 0.964 bits per heavy atom. The van der Waals surface area contributed by atoms with Gasteiger partial charge in [0, 0.05) is 18.8 Å². The third-order valence-electron chi connectivity index (χ3n) is 3.98. The number of carbonyl (C=O) groups excluding carboxylic acids is 1. The fourth-order valence-corrected chi connectivity index (χ4v) is 4.27. The minimum atomic E-state index is -3.62. The van der Waals surface area contributed by atoms with Crippen LogP contribution in [0.4, 0.5) is 11.4 Å². The zero-order valence-electron chi connectivity index (χ0n) is 16.0. The minimum absolute atomic E-state index is 0.112. The fraction of sp³-hybridized carbons (Fsp3) is 0.278. The van der Waals surface area contributed by atoms with E-state index in [0.29, 0.717) is 5.69 Å². The lowest BCUT2D eigenvalue weighted by atomic mass is 10.1. The molecule has 0 aliphatic rings. The highest BCUT2D eigenvalue weighted by Crippen LogP contribution is 2.21. The molecule has 0 atom stereocenters. The molecular weight excluding hydrogens is 402 g/mol. The average molecular weight is 426 g/mol. The highest BCUT2D eigenvalue weighted by atomic mass is 32.2. The molecular formula is C18H23N3O5S2. The van der Waals surface area contributed by atoms with Crippen LogP contribution >= 0.6 is 0 Å². The summed E-state index contributed by atoms with van der Waals surface area (Å²) >= 11 is 0. The molecule has 10 heteroatoms. The lowest BCUT2D eigenvalue weighted by Crippen LogP contribution is -2.33. The van der Waals surface area contributed by atoms with Gasteiger partial charge in [-0.05, 0) is 50.2 Å². The SMILES string of the molecule is CC(C)N(C)S(=O)(=O)c1ccc(NC(=O)c2ccccc2NS(C)(=O)=O)cc1. The van der Waals surface area contributed by atoms with Crippen molar-refractivity contribution >= 4 is 37.3 Å². The van der Waals surface area contributed by atoms with Crippen LogP contribution in [-0.2, 0) is 20.0 Å². The quantitative estimate of drug-likeness (QED) is 0.707. The van der Waals surface area contributed by atoms with Crippen molar-refractivity contribution in [2.24, 2.45) is 0 Å². The number of sulfonamides is 2. The second-order valence-corrected chi connectivity index (χ2v) is 10.3. The maximum absolute atomic E-state index is 12.5. The number of hydrogen-bond donors (Lipinski definition) is 2. The van der Waals surface area contributed by atoms with Crippen LogP contribution in [0.25, 0.3) is 0 Å². The van der Waals surface area contributed by atoms with Crippen molar-refractivity contribution < 1.29 is 21.6 Å². The monoisotopic (exact) mass is 425 g/mol. The summed E-state index contributed by atoms with van der Waals surface area (Å²) in [4.78, 5) is 12.6. The van der Waals surface area contributed by atoms with E-state index in [9.17, 15) is 21.6 Å². The van der Waals surface area contributed by atoms with Gasteiger partial charge in [0.2, 0.25) is 20.0 Å². The number of para-hydroxylation sites is 1. The second-order valence-electron chi connectivity index (χ2n) is 6.51. The number of hydrogen-bond acceptors (Lipinski definition) is 5. The van der Waals surface area contributed by atoms with Crippen LogP contribution in [0.15, 0.2) is 53.4 Å². The third kappa shape index (κ3) is 5.31. The van der Waals surface area contributed by atoms with Crippen molar-refractivity contribution in [2.45, 2.75) is 24.8 Å². The molecule has 0 unspecified atom stereocenters. The van der Waals surface area contributed by atoms with Crippen LogP contribution in [-0.4, -0.2) is 46.4 Å². The zero-order chi connectivity index (χ0) is 21.1. The summed E-state index contributed by atoms with van der Waals surface area (Å²) in [6, 6.07) is 11.8. The number of benzene rings is 2. The molecule has 0 radical (unpaired) electrons. The van der Waals surface area contributed by atoms with Crippen molar-refractivity contribution in [1.29, 1.82) is 0 Å². The van der Waals surface area contributed by atoms with E-state index in [1.165, 1.54) is 47.8 Å². The Bertz CT molecular complexity index is 1060. The first-order valence-corrected chi connectivity index (χ1v) is 11.7. The summed E-state index contributed by atoms with van der Waals surface area (Å²) in [7, 11) is -5.66. The van der Waals surface area contributed by atoms with Crippen LogP contribution in [0.5, 0.6) is 0 Å². The van der Waals surface area contributed by atoms with Crippen LogP contribution in [0.3, 0.4) is 0 Å². The zero-order valence-corrected chi connectivity index (χ0v) is 17.6. The molecule has 28 heavy (non-hydrogen) atoms. The van der Waals surface area contributed by atoms with Crippen LogP contribution < -0.4 is 10.0 Å². The normalized spacial score (nSPS) is 12.2. The first-order valence-electron chi connectivity index (χ1n) is 8.38. The number of rotatable bonds is 7. The average Bonchev–Trinajstić information content (AvgIpc) is 2.60. The van der Waals surface area contributed by atoms with E-state index < -0.39 is 26.0 Å². The Kier molecular flexibility index (Phi) is 6.48. The molecule has 0 aliphatic carbocycles. The fourth-order valence-electron chi connectivity index (χ4n) is 2.32. The summed E-state index contributed by atoms with van der Waals surface area (Å²) in [6.45, 7) is 3.54. The van der Waals surface area contributed by atoms with E-state index >= 15 is 0 Å². The lowest BCUT2D eigenvalue weighted by molar-refractivity contribution is 0.102. The number of nitrogens with zero attached hydrogens (tertiary/aromatic N) is 1. The largest absolute Gasteiger partial charge is 0.322 e. The summed E-state index contributed by atoms with van der Waals surface area (Å²) in [5, 5.41) is 2.63. The van der Waals surface area contributed by atoms with Crippen molar-refractivity contribution in [3.63, 3.8) is 0 Å². The van der Waals surface area contributed by atoms with Gasteiger partial charge in [-0.25, -0.2) is 16.8 Å². The number of carbonyl (C=O) groups is 1. The smallest absolute Gasteiger partial charge is 0.257 e. The standard InChI is InChI=1S/C18H23N3O5S2/c1-13(2)21(3)28(25,26)15-11-9-14(10-12-15)19-18(22)16-7-5-6-8-17(16)20-27(4,23)24/h5-13,20H,1-4H3,(H,19,22). The maximum Gasteiger partial charge on any atom is 0.257 e. The van der Waals surface area contributed by atoms with Gasteiger partial charge in [0.15, 0.2) is 0 Å². The molecule has 8 nitrogen and oxygen atoms in total. The summed E-state index contributed by atoms with van der Waals surface area (Å²) < 4.78 is 51.4. The summed E-state index contributed by atoms with van der Waals surface area (Å²) in [6.07, 6.45) is 0.995. The molecule has 2 aromatic rings. The van der Waals surface area contributed by atoms with E-state index in [2.05, 4.69) is 10.0 Å². The number of nitrogens with one attached hydrogen (secondary N) is 2. The number of amides is 1. The van der Waals surface area contributed by atoms with Gasteiger partial charge in [0.05, 0.1) is 22.4 Å². The van der Waals surface area contributed by atoms with Gasteiger partial charge in [-0.1, -0.05) is 12.1 Å². The Hall–Kier alpha value is -2.43. The van der Waals surface area contributed by atoms with E-state index in [4.69, 9.17) is 0 Å². The second kappa shape index (κ2) is 8.29. The molecule has 0 aromatic heterocycles. The molecule has 152 valence electrons. The van der Waals surface area contributed by atoms with E-state index in [-0.39, 0.29) is 22.2 Å². The van der Waals surface area contributed by atoms with Gasteiger partial charge in [0.1, 0.15) is 0 Å². The Labute approximate surface area is 165 Å². The van der Waals surface area contributed by atoms with Crippen LogP contribution in [0.2, 0.25) is 0 Å². The van der Waals surface area contributed by atoms with Crippen molar-refractivity contribution in [3.05, 3.63) is 54.1 Å². The summed E-state index contributed by atoms with van der Waals surface area (Å²) in [5.41, 5.74) is 0.676. The third-order valence-corrected chi connectivity index (χ3v) is 6.62. The molecule has 0 bridgehead atoms. The van der Waals surface area contributed by atoms with Gasteiger partial charge >= 0.3 is 0 Å². The van der Waals surface area contributed by atoms with Gasteiger partial charge in [-0.15, -0.1) is 0 Å². The van der Waals surface area contributed by atoms with Crippen LogP contribution in [0, 0.1) is 0 Å². The van der Waals surface area contributed by atoms with Gasteiger partial charge in [-0.3, -0.25) is 9.52 Å². The van der Waals surface area contributed by atoms with Crippen molar-refractivity contribution in [1.82, 2.24) is 4.31 Å². The molecule has 2 rings (SSSR count). The van der Waals surface area contributed by atoms with Crippen molar-refractivity contribution in [2.75, 3.05) is 23.3 Å². The predicted molar refractivity (Wildman–Crippen MR) is 109 cm³/mol. The predicted octanol–water partition coefficient (Wildman–Crippen LogP) is 2.34. The molecule has 2 N–H and O–H groups in total. The number of anilines is 2. The first-order chi connectivity index (χ1) is 12.9. The molecule has 2 aromatic carbocycles. The van der Waals surface area contributed by atoms with Gasteiger partial charge in [0.25, 0.3) is 5.91 Å². The summed E-state index contributed by atoms with van der Waals surface area (Å²) in [5.74, 6) is -0.526. The van der Waals surface area contributed by atoms with Crippen LogP contribution in [0.1, 0.15) is 24.2 Å². The highest BCUT2D eigenvalue weighted by Gasteiger charge is 2.23. The van der Waals surface area contributed by atoms with Gasteiger partial charge < -0.3 is 5.32 Å². The Balaban J connectivity index is 2.23. The lowest BCUT2D eigenvalue weighted by Gasteiger charge is -2.21. The maximum atomic E-state index is 12.5. The molecule has 1 amide bonds. The molecule has 0 saturated heterocycles. The van der Waals surface area contributed by atoms with E-state index in [1.54, 1.807) is 26.0 Å². The first kappa shape index (κ1) is 21.9. The molecule has 0 heterocycles. The van der Waals surface area contributed by atoms with Crippen molar-refractivity contribution in [3.8, 4) is 0 Å². The topological polar surface area (TPSA) is 113 Å². The Morgan fingerprint density at radius 2 is 1.54 bits per heavy atom. The van der Waals surface area contributed by atoms with E-state index in [1.807, 2.05) is 0 Å². The highest BCUT2D eigenvalue weighted by molar-refractivity contribution is 7.92. The molecule has 0 saturated carbocycles. The molecule has 0 fully saturated rings. The molecule has 0 aliphatic heterocycles. The van der Waals surface area contributed by atoms with E-state index in [0.717, 1.165) is 6.26 Å². The Morgan fingerprint density at radius 3 is 2.07 bits per heavy atom. The molecule has 0 spiro atoms. The van der Waals surface area contributed by atoms with Gasteiger partial charge in [-0.2, -0.15) is 4.31 Å². The minimum Gasteiger partial charge on any atom is -0.322 e.